The third kappa shape index (κ3) is 3.75. The van der Waals surface area contributed by atoms with Crippen LogP contribution in [0.25, 0.3) is 10.2 Å². The molecule has 4 rings (SSSR count). The number of fused-ring (bicyclic) bond motifs is 1. The molecule has 1 saturated heterocycles. The topological polar surface area (TPSA) is 75.5 Å². The minimum absolute atomic E-state index is 0.0746. The standard InChI is InChI=1S/C19H16Cl2N4O3S/c1-23(18(27)11-2-3-14(20)15(21)6-11)12-7-24(8-12)16(26)9-25-10-22-17-13(19(25)28)4-5-29-17/h2-6,10,12H,7-9H2,1H3. The molecule has 29 heavy (non-hydrogen) atoms. The molecule has 0 atom stereocenters. The van der Waals surface area contributed by atoms with Crippen LogP contribution in [-0.4, -0.2) is 57.3 Å². The minimum Gasteiger partial charge on any atom is -0.337 e. The number of likely N-dealkylation sites (N-methyl/N-ethyl adjacent to an activating group) is 1. The Labute approximate surface area is 180 Å². The first-order chi connectivity index (χ1) is 13.8. The van der Waals surface area contributed by atoms with Crippen LogP contribution in [-0.2, 0) is 11.3 Å². The van der Waals surface area contributed by atoms with Crippen molar-refractivity contribution in [2.45, 2.75) is 12.6 Å². The number of amides is 2. The molecule has 2 aromatic heterocycles. The van der Waals surface area contributed by atoms with Gasteiger partial charge >= 0.3 is 0 Å². The number of aromatic nitrogens is 2. The first kappa shape index (κ1) is 19.9. The van der Waals surface area contributed by atoms with Gasteiger partial charge in [0.25, 0.3) is 11.5 Å². The Morgan fingerprint density at radius 3 is 2.72 bits per heavy atom. The summed E-state index contributed by atoms with van der Waals surface area (Å²) >= 11 is 13.3. The van der Waals surface area contributed by atoms with Crippen LogP contribution < -0.4 is 5.56 Å². The van der Waals surface area contributed by atoms with Crippen molar-refractivity contribution >= 4 is 56.6 Å². The number of likely N-dealkylation sites (tertiary alicyclic amines) is 1. The van der Waals surface area contributed by atoms with Crippen molar-refractivity contribution in [3.63, 3.8) is 0 Å². The highest BCUT2D eigenvalue weighted by molar-refractivity contribution is 7.16. The highest BCUT2D eigenvalue weighted by Crippen LogP contribution is 2.24. The molecule has 0 aliphatic carbocycles. The first-order valence-corrected chi connectivity index (χ1v) is 10.4. The Hall–Kier alpha value is -2.42. The first-order valence-electron chi connectivity index (χ1n) is 8.78. The summed E-state index contributed by atoms with van der Waals surface area (Å²) in [5.74, 6) is -0.376. The van der Waals surface area contributed by atoms with Gasteiger partial charge < -0.3 is 9.80 Å². The lowest BCUT2D eigenvalue weighted by molar-refractivity contribution is -0.138. The van der Waals surface area contributed by atoms with Crippen LogP contribution in [0.2, 0.25) is 10.0 Å². The summed E-state index contributed by atoms with van der Waals surface area (Å²) in [7, 11) is 1.69. The van der Waals surface area contributed by atoms with Gasteiger partial charge in [-0.2, -0.15) is 0 Å². The molecule has 2 amide bonds. The molecular formula is C19H16Cl2N4O3S. The fourth-order valence-electron chi connectivity index (χ4n) is 3.15. The number of nitrogens with zero attached hydrogens (tertiary/aromatic N) is 4. The maximum atomic E-state index is 12.6. The van der Waals surface area contributed by atoms with Crippen LogP contribution in [0.15, 0.2) is 40.8 Å². The molecule has 3 heterocycles. The van der Waals surface area contributed by atoms with Gasteiger partial charge in [-0.25, -0.2) is 4.98 Å². The molecule has 1 aliphatic rings. The van der Waals surface area contributed by atoms with Crippen LogP contribution in [0.3, 0.4) is 0 Å². The van der Waals surface area contributed by atoms with Crippen molar-refractivity contribution in [2.24, 2.45) is 0 Å². The molecule has 0 N–H and O–H groups in total. The van der Waals surface area contributed by atoms with Crippen molar-refractivity contribution < 1.29 is 9.59 Å². The van der Waals surface area contributed by atoms with Crippen LogP contribution in [0.4, 0.5) is 0 Å². The summed E-state index contributed by atoms with van der Waals surface area (Å²) in [4.78, 5) is 45.6. The summed E-state index contributed by atoms with van der Waals surface area (Å²) in [5.41, 5.74) is 0.210. The van der Waals surface area contributed by atoms with Gasteiger partial charge in [0.05, 0.1) is 27.8 Å². The smallest absolute Gasteiger partial charge is 0.262 e. The summed E-state index contributed by atoms with van der Waals surface area (Å²) < 4.78 is 1.31. The molecule has 3 aromatic rings. The summed E-state index contributed by atoms with van der Waals surface area (Å²) in [6.45, 7) is 0.741. The van der Waals surface area contributed by atoms with Gasteiger partial charge in [-0.1, -0.05) is 23.2 Å². The monoisotopic (exact) mass is 450 g/mol. The van der Waals surface area contributed by atoms with Gasteiger partial charge in [-0.15, -0.1) is 11.3 Å². The van der Waals surface area contributed by atoms with Crippen LogP contribution in [0.5, 0.6) is 0 Å². The normalized spacial score (nSPS) is 14.1. The number of benzene rings is 1. The zero-order chi connectivity index (χ0) is 20.7. The fourth-order valence-corrected chi connectivity index (χ4v) is 4.18. The maximum absolute atomic E-state index is 12.6. The van der Waals surface area contributed by atoms with E-state index in [1.54, 1.807) is 40.4 Å². The zero-order valence-electron chi connectivity index (χ0n) is 15.3. The molecule has 1 fully saturated rings. The Morgan fingerprint density at radius 1 is 1.24 bits per heavy atom. The zero-order valence-corrected chi connectivity index (χ0v) is 17.7. The Balaban J connectivity index is 1.37. The Morgan fingerprint density at radius 2 is 2.00 bits per heavy atom. The predicted molar refractivity (Wildman–Crippen MR) is 113 cm³/mol. The summed E-state index contributed by atoms with van der Waals surface area (Å²) in [6, 6.07) is 6.34. The van der Waals surface area contributed by atoms with Gasteiger partial charge in [0.15, 0.2) is 0 Å². The Kier molecular flexibility index (Phi) is 5.33. The van der Waals surface area contributed by atoms with Gasteiger partial charge in [0.1, 0.15) is 11.4 Å². The predicted octanol–water partition coefficient (Wildman–Crippen LogP) is 2.75. The van der Waals surface area contributed by atoms with E-state index in [0.29, 0.717) is 38.9 Å². The van der Waals surface area contributed by atoms with E-state index < -0.39 is 0 Å². The molecule has 0 unspecified atom stereocenters. The molecule has 1 aromatic carbocycles. The summed E-state index contributed by atoms with van der Waals surface area (Å²) in [5, 5.41) is 3.01. The SMILES string of the molecule is CN(C(=O)c1ccc(Cl)c(Cl)c1)C1CN(C(=O)Cn2cnc3sccc3c2=O)C1. The van der Waals surface area contributed by atoms with Crippen molar-refractivity contribution in [1.82, 2.24) is 19.4 Å². The lowest BCUT2D eigenvalue weighted by Crippen LogP contribution is -2.61. The second kappa shape index (κ2) is 7.78. The second-order valence-corrected chi connectivity index (χ2v) is 8.52. The van der Waals surface area contributed by atoms with Gasteiger partial charge in [-0.3, -0.25) is 19.0 Å². The number of hydrogen-bond acceptors (Lipinski definition) is 5. The highest BCUT2D eigenvalue weighted by atomic mass is 35.5. The molecular weight excluding hydrogens is 435 g/mol. The third-order valence-corrected chi connectivity index (χ3v) is 6.57. The van der Waals surface area contributed by atoms with Crippen LogP contribution in [0.1, 0.15) is 10.4 Å². The van der Waals surface area contributed by atoms with Gasteiger partial charge in [0.2, 0.25) is 5.91 Å². The quantitative estimate of drug-likeness (QED) is 0.612. The van der Waals surface area contributed by atoms with E-state index in [4.69, 9.17) is 23.2 Å². The number of thiophene rings is 1. The van der Waals surface area contributed by atoms with E-state index in [1.807, 2.05) is 0 Å². The maximum Gasteiger partial charge on any atom is 0.262 e. The second-order valence-electron chi connectivity index (χ2n) is 6.81. The van der Waals surface area contributed by atoms with E-state index in [0.717, 1.165) is 0 Å². The average Bonchev–Trinajstić information content (AvgIpc) is 3.14. The number of carbonyl (C=O) groups excluding carboxylic acids is 2. The fraction of sp³-hybridized carbons (Fsp3) is 0.263. The lowest BCUT2D eigenvalue weighted by atomic mass is 10.1. The third-order valence-electron chi connectivity index (χ3n) is 5.01. The molecule has 0 spiro atoms. The van der Waals surface area contributed by atoms with Crippen molar-refractivity contribution in [3.05, 3.63) is 61.9 Å². The van der Waals surface area contributed by atoms with E-state index in [2.05, 4.69) is 4.98 Å². The molecule has 10 heteroatoms. The van der Waals surface area contributed by atoms with Crippen molar-refractivity contribution in [2.75, 3.05) is 20.1 Å². The number of halogens is 2. The van der Waals surface area contributed by atoms with Gasteiger partial charge in [-0.05, 0) is 29.6 Å². The summed E-state index contributed by atoms with van der Waals surface area (Å²) in [6.07, 6.45) is 1.40. The van der Waals surface area contributed by atoms with E-state index >= 15 is 0 Å². The Bertz CT molecular complexity index is 1170. The van der Waals surface area contributed by atoms with Crippen molar-refractivity contribution in [1.29, 1.82) is 0 Å². The molecule has 0 bridgehead atoms. The highest BCUT2D eigenvalue weighted by Gasteiger charge is 2.35. The molecule has 0 saturated carbocycles. The number of carbonyl (C=O) groups is 2. The molecule has 0 radical (unpaired) electrons. The molecule has 1 aliphatic heterocycles. The largest absolute Gasteiger partial charge is 0.337 e. The van der Waals surface area contributed by atoms with E-state index in [-0.39, 0.29) is 30.0 Å². The lowest BCUT2D eigenvalue weighted by Gasteiger charge is -2.44. The van der Waals surface area contributed by atoms with E-state index in [1.165, 1.54) is 28.3 Å². The van der Waals surface area contributed by atoms with E-state index in [9.17, 15) is 14.4 Å². The number of rotatable bonds is 4. The minimum atomic E-state index is -0.228. The number of hydrogen-bond donors (Lipinski definition) is 0. The molecule has 7 nitrogen and oxygen atoms in total. The van der Waals surface area contributed by atoms with Crippen LogP contribution in [0, 0.1) is 0 Å². The molecule has 150 valence electrons. The van der Waals surface area contributed by atoms with Gasteiger partial charge in [0, 0.05) is 25.7 Å². The van der Waals surface area contributed by atoms with Crippen LogP contribution >= 0.6 is 34.5 Å². The average molecular weight is 451 g/mol. The van der Waals surface area contributed by atoms with Crippen molar-refractivity contribution in [3.8, 4) is 0 Å².